The molecule has 0 bridgehead atoms. The van der Waals surface area contributed by atoms with Crippen molar-refractivity contribution in [3.05, 3.63) is 47.5 Å². The van der Waals surface area contributed by atoms with E-state index in [-0.39, 0.29) is 20.5 Å². The van der Waals surface area contributed by atoms with Gasteiger partial charge in [-0.05, 0) is 55.6 Å². The number of anilines is 1. The Kier molecular flexibility index (Phi) is 6.39. The number of aliphatic hydroxyl groups is 1. The number of carbonyl (C=O) groups is 1. The minimum Gasteiger partial charge on any atom is -0.373 e. The number of hydrogen-bond donors (Lipinski definition) is 2. The van der Waals surface area contributed by atoms with E-state index in [4.69, 9.17) is 11.6 Å². The van der Waals surface area contributed by atoms with E-state index in [1.807, 2.05) is 11.6 Å². The van der Waals surface area contributed by atoms with E-state index >= 15 is 0 Å². The number of nitrogens with one attached hydrogen (secondary N) is 1. The molecule has 2 N–H and O–H groups in total. The van der Waals surface area contributed by atoms with Gasteiger partial charge in [0, 0.05) is 4.90 Å². The van der Waals surface area contributed by atoms with Crippen LogP contribution in [0.25, 0.3) is 0 Å². The highest BCUT2D eigenvalue weighted by atomic mass is 35.5. The summed E-state index contributed by atoms with van der Waals surface area (Å²) < 4.78 is 63.5. The minimum atomic E-state index is -5.20. The van der Waals surface area contributed by atoms with Gasteiger partial charge in [-0.1, -0.05) is 11.6 Å². The number of halogens is 4. The molecule has 2 aromatic rings. The number of benzene rings is 2. The number of sulfone groups is 1. The van der Waals surface area contributed by atoms with Crippen molar-refractivity contribution in [3.8, 4) is 0 Å². The van der Waals surface area contributed by atoms with E-state index in [0.29, 0.717) is 6.92 Å². The highest BCUT2D eigenvalue weighted by molar-refractivity contribution is 7.98. The molecule has 0 aromatic heterocycles. The monoisotopic (exact) mass is 453 g/mol. The summed E-state index contributed by atoms with van der Waals surface area (Å²) in [5.41, 5.74) is -3.91. The first-order valence-electron chi connectivity index (χ1n) is 7.60. The van der Waals surface area contributed by atoms with E-state index in [0.717, 1.165) is 23.1 Å². The van der Waals surface area contributed by atoms with Crippen molar-refractivity contribution >= 4 is 44.8 Å². The third kappa shape index (κ3) is 4.45. The predicted molar refractivity (Wildman–Crippen MR) is 100 cm³/mol. The molecule has 0 saturated carbocycles. The van der Waals surface area contributed by atoms with Gasteiger partial charge in [0.25, 0.3) is 5.91 Å². The topological polar surface area (TPSA) is 83.5 Å². The van der Waals surface area contributed by atoms with E-state index in [1.54, 1.807) is 12.1 Å². The normalized spacial score (nSPS) is 14.4. The zero-order chi connectivity index (χ0) is 21.3. The summed E-state index contributed by atoms with van der Waals surface area (Å²) in [5, 5.41) is 10.9. The van der Waals surface area contributed by atoms with Gasteiger partial charge >= 0.3 is 6.18 Å². The molecule has 0 heterocycles. The Hall–Kier alpha value is -1.75. The average Bonchev–Trinajstić information content (AvgIpc) is 2.62. The van der Waals surface area contributed by atoms with Crippen LogP contribution in [0, 0.1) is 0 Å². The minimum absolute atomic E-state index is 0.0122. The lowest BCUT2D eigenvalue weighted by atomic mass is 10.1. The van der Waals surface area contributed by atoms with Crippen LogP contribution in [0.3, 0.4) is 0 Å². The standard InChI is InChI=1S/C17H15ClF3NO4S2/c1-16(24,17(19,20)21)15(23)22-14-8-7-12(9-13(14)18)28(25,26)11-5-3-10(27-2)4-6-11/h3-9,24H,1-2H3,(H,22,23). The molecule has 0 aliphatic rings. The molecule has 152 valence electrons. The SMILES string of the molecule is CSc1ccc(S(=O)(=O)c2ccc(NC(=O)C(C)(O)C(F)(F)F)c(Cl)c2)cc1. The Morgan fingerprint density at radius 1 is 1.11 bits per heavy atom. The Morgan fingerprint density at radius 2 is 1.64 bits per heavy atom. The Morgan fingerprint density at radius 3 is 2.11 bits per heavy atom. The zero-order valence-corrected chi connectivity index (χ0v) is 16.9. The molecule has 0 spiro atoms. The van der Waals surface area contributed by atoms with Gasteiger partial charge in [0.15, 0.2) is 0 Å². The van der Waals surface area contributed by atoms with Gasteiger partial charge in [-0.15, -0.1) is 11.8 Å². The van der Waals surface area contributed by atoms with Crippen LogP contribution in [-0.2, 0) is 14.6 Å². The smallest absolute Gasteiger partial charge is 0.373 e. The highest BCUT2D eigenvalue weighted by Crippen LogP contribution is 2.33. The van der Waals surface area contributed by atoms with Crippen molar-refractivity contribution in [1.29, 1.82) is 0 Å². The van der Waals surface area contributed by atoms with Crippen molar-refractivity contribution in [2.45, 2.75) is 33.4 Å². The van der Waals surface area contributed by atoms with E-state index in [2.05, 4.69) is 0 Å². The molecular formula is C17H15ClF3NO4S2. The number of carbonyl (C=O) groups excluding carboxylic acids is 1. The summed E-state index contributed by atoms with van der Waals surface area (Å²) in [7, 11) is -3.92. The quantitative estimate of drug-likeness (QED) is 0.664. The third-order valence-corrected chi connectivity index (χ3v) is 6.69. The lowest BCUT2D eigenvalue weighted by Crippen LogP contribution is -2.52. The van der Waals surface area contributed by atoms with Crippen LogP contribution in [0.2, 0.25) is 5.02 Å². The summed E-state index contributed by atoms with van der Waals surface area (Å²) in [6.45, 7) is 0.299. The second-order valence-electron chi connectivity index (χ2n) is 5.84. The molecule has 2 aromatic carbocycles. The lowest BCUT2D eigenvalue weighted by molar-refractivity contribution is -0.242. The maximum atomic E-state index is 12.7. The van der Waals surface area contributed by atoms with Crippen LogP contribution in [0.5, 0.6) is 0 Å². The molecule has 0 aliphatic carbocycles. The Balaban J connectivity index is 2.32. The van der Waals surface area contributed by atoms with Crippen LogP contribution in [-0.4, -0.2) is 37.5 Å². The van der Waals surface area contributed by atoms with Gasteiger partial charge < -0.3 is 10.4 Å². The molecule has 11 heteroatoms. The van der Waals surface area contributed by atoms with E-state index in [1.165, 1.54) is 23.9 Å². The lowest BCUT2D eigenvalue weighted by Gasteiger charge is -2.25. The Labute approximate surface area is 168 Å². The fourth-order valence-electron chi connectivity index (χ4n) is 2.03. The van der Waals surface area contributed by atoms with Crippen molar-refractivity contribution in [2.24, 2.45) is 0 Å². The van der Waals surface area contributed by atoms with Gasteiger partial charge in [0.2, 0.25) is 15.4 Å². The summed E-state index contributed by atoms with van der Waals surface area (Å²) in [5.74, 6) is -1.75. The van der Waals surface area contributed by atoms with Crippen LogP contribution in [0.4, 0.5) is 18.9 Å². The first kappa shape index (κ1) is 22.5. The molecule has 1 unspecified atom stereocenters. The van der Waals surface area contributed by atoms with Gasteiger partial charge in [-0.25, -0.2) is 8.42 Å². The van der Waals surface area contributed by atoms with E-state index in [9.17, 15) is 31.5 Å². The second-order valence-corrected chi connectivity index (χ2v) is 9.08. The predicted octanol–water partition coefficient (Wildman–Crippen LogP) is 4.15. The molecule has 28 heavy (non-hydrogen) atoms. The third-order valence-electron chi connectivity index (χ3n) is 3.86. The maximum absolute atomic E-state index is 12.7. The summed E-state index contributed by atoms with van der Waals surface area (Å²) >= 11 is 7.37. The summed E-state index contributed by atoms with van der Waals surface area (Å²) in [6, 6.07) is 9.27. The molecular weight excluding hydrogens is 439 g/mol. The largest absolute Gasteiger partial charge is 0.426 e. The first-order chi connectivity index (χ1) is 12.8. The van der Waals surface area contributed by atoms with Crippen LogP contribution >= 0.6 is 23.4 Å². The van der Waals surface area contributed by atoms with Crippen molar-refractivity contribution in [1.82, 2.24) is 0 Å². The molecule has 0 radical (unpaired) electrons. The van der Waals surface area contributed by atoms with Crippen molar-refractivity contribution < 1.29 is 31.5 Å². The second kappa shape index (κ2) is 7.94. The first-order valence-corrected chi connectivity index (χ1v) is 10.7. The fraction of sp³-hybridized carbons (Fsp3) is 0.235. The number of alkyl halides is 3. The molecule has 1 amide bonds. The molecule has 1 atom stereocenters. The molecule has 5 nitrogen and oxygen atoms in total. The summed E-state index contributed by atoms with van der Waals surface area (Å²) in [6.07, 6.45) is -3.36. The molecule has 0 fully saturated rings. The highest BCUT2D eigenvalue weighted by Gasteiger charge is 2.55. The van der Waals surface area contributed by atoms with Gasteiger partial charge in [-0.3, -0.25) is 4.79 Å². The van der Waals surface area contributed by atoms with Crippen LogP contribution in [0.1, 0.15) is 6.92 Å². The van der Waals surface area contributed by atoms with Crippen molar-refractivity contribution in [2.75, 3.05) is 11.6 Å². The van der Waals surface area contributed by atoms with E-state index < -0.39 is 27.5 Å². The number of amides is 1. The molecule has 0 aliphatic heterocycles. The number of thioether (sulfide) groups is 1. The van der Waals surface area contributed by atoms with Gasteiger partial charge in [-0.2, -0.15) is 13.2 Å². The van der Waals surface area contributed by atoms with Gasteiger partial charge in [0.05, 0.1) is 20.5 Å². The fourth-order valence-corrected chi connectivity index (χ4v) is 4.02. The van der Waals surface area contributed by atoms with Crippen LogP contribution in [0.15, 0.2) is 57.2 Å². The summed E-state index contributed by atoms with van der Waals surface area (Å²) in [4.78, 5) is 12.4. The molecule has 2 rings (SSSR count). The number of hydrogen-bond acceptors (Lipinski definition) is 5. The maximum Gasteiger partial charge on any atom is 0.426 e. The van der Waals surface area contributed by atoms with Crippen LogP contribution < -0.4 is 5.32 Å². The van der Waals surface area contributed by atoms with Gasteiger partial charge in [0.1, 0.15) is 0 Å². The average molecular weight is 454 g/mol. The zero-order valence-electron chi connectivity index (χ0n) is 14.5. The molecule has 0 saturated heterocycles. The number of rotatable bonds is 5. The van der Waals surface area contributed by atoms with Crippen molar-refractivity contribution in [3.63, 3.8) is 0 Å². The Bertz CT molecular complexity index is 990.